The van der Waals surface area contributed by atoms with E-state index in [4.69, 9.17) is 10.5 Å². The SMILES string of the molecule is CN1CCCC(C)(Oc2ccccc2N)C1.Cl.Cl. The van der Waals surface area contributed by atoms with Crippen LogP contribution in [0.25, 0.3) is 0 Å². The molecule has 1 fully saturated rings. The zero-order chi connectivity index (χ0) is 11.6. The molecule has 1 saturated heterocycles. The molecule has 3 nitrogen and oxygen atoms in total. The molecule has 104 valence electrons. The van der Waals surface area contributed by atoms with Gasteiger partial charge in [0.2, 0.25) is 0 Å². The number of piperidine rings is 1. The van der Waals surface area contributed by atoms with Gasteiger partial charge in [-0.25, -0.2) is 0 Å². The predicted molar refractivity (Wildman–Crippen MR) is 81.1 cm³/mol. The Kier molecular flexibility index (Phi) is 6.82. The van der Waals surface area contributed by atoms with Gasteiger partial charge in [0.25, 0.3) is 0 Å². The van der Waals surface area contributed by atoms with E-state index >= 15 is 0 Å². The molecule has 1 atom stereocenters. The Bertz CT molecular complexity index is 376. The fraction of sp³-hybridized carbons (Fsp3) is 0.538. The average Bonchev–Trinajstić information content (AvgIpc) is 2.21. The number of nitrogens with zero attached hydrogens (tertiary/aromatic N) is 1. The van der Waals surface area contributed by atoms with Crippen molar-refractivity contribution in [3.05, 3.63) is 24.3 Å². The van der Waals surface area contributed by atoms with Crippen molar-refractivity contribution in [1.29, 1.82) is 0 Å². The van der Waals surface area contributed by atoms with Gasteiger partial charge >= 0.3 is 0 Å². The maximum absolute atomic E-state index is 6.08. The lowest BCUT2D eigenvalue weighted by Crippen LogP contribution is -2.48. The summed E-state index contributed by atoms with van der Waals surface area (Å²) in [5, 5.41) is 0. The first-order chi connectivity index (χ1) is 7.59. The number of ether oxygens (including phenoxy) is 1. The zero-order valence-corrected chi connectivity index (χ0v) is 12.5. The fourth-order valence-corrected chi connectivity index (χ4v) is 2.37. The molecule has 2 rings (SSSR count). The third kappa shape index (κ3) is 4.23. The highest BCUT2D eigenvalue weighted by molar-refractivity contribution is 5.85. The second-order valence-corrected chi connectivity index (χ2v) is 4.93. The van der Waals surface area contributed by atoms with E-state index in [1.54, 1.807) is 0 Å². The summed E-state index contributed by atoms with van der Waals surface area (Å²) in [6, 6.07) is 7.71. The second kappa shape index (κ2) is 7.07. The molecule has 1 aromatic rings. The van der Waals surface area contributed by atoms with Crippen molar-refractivity contribution < 1.29 is 4.74 Å². The van der Waals surface area contributed by atoms with Crippen LogP contribution in [0.4, 0.5) is 5.69 Å². The van der Waals surface area contributed by atoms with Crippen LogP contribution in [-0.4, -0.2) is 30.6 Å². The number of hydrogen-bond acceptors (Lipinski definition) is 3. The predicted octanol–water partition coefficient (Wildman–Crippen LogP) is 2.98. The highest BCUT2D eigenvalue weighted by atomic mass is 35.5. The first-order valence-electron chi connectivity index (χ1n) is 5.81. The monoisotopic (exact) mass is 292 g/mol. The number of hydrogen-bond donors (Lipinski definition) is 1. The summed E-state index contributed by atoms with van der Waals surface area (Å²) in [6.45, 7) is 4.28. The number of benzene rings is 1. The minimum Gasteiger partial charge on any atom is -0.484 e. The van der Waals surface area contributed by atoms with E-state index in [0.29, 0.717) is 0 Å². The van der Waals surface area contributed by atoms with Crippen LogP contribution in [0.1, 0.15) is 19.8 Å². The summed E-state index contributed by atoms with van der Waals surface area (Å²) in [5.41, 5.74) is 6.50. The number of nitrogen functional groups attached to an aromatic ring is 1. The van der Waals surface area contributed by atoms with E-state index in [9.17, 15) is 0 Å². The largest absolute Gasteiger partial charge is 0.484 e. The Morgan fingerprint density at radius 3 is 2.56 bits per heavy atom. The number of likely N-dealkylation sites (N-methyl/N-ethyl adjacent to an activating group) is 1. The number of halogens is 2. The molecule has 2 N–H and O–H groups in total. The van der Waals surface area contributed by atoms with Gasteiger partial charge in [-0.15, -0.1) is 24.8 Å². The molecule has 1 heterocycles. The van der Waals surface area contributed by atoms with Gasteiger partial charge in [-0.2, -0.15) is 0 Å². The van der Waals surface area contributed by atoms with E-state index in [1.165, 1.54) is 6.42 Å². The van der Waals surface area contributed by atoms with Crippen LogP contribution >= 0.6 is 24.8 Å². The second-order valence-electron chi connectivity index (χ2n) is 4.93. The lowest BCUT2D eigenvalue weighted by atomic mass is 9.95. The molecule has 1 aromatic carbocycles. The number of nitrogens with two attached hydrogens (primary N) is 1. The van der Waals surface area contributed by atoms with E-state index < -0.39 is 0 Å². The summed E-state index contributed by atoms with van der Waals surface area (Å²) in [7, 11) is 2.13. The summed E-state index contributed by atoms with van der Waals surface area (Å²) in [6.07, 6.45) is 2.27. The van der Waals surface area contributed by atoms with Crippen LogP contribution in [-0.2, 0) is 0 Å². The highest BCUT2D eigenvalue weighted by Crippen LogP contribution is 2.30. The first-order valence-corrected chi connectivity index (χ1v) is 5.81. The average molecular weight is 293 g/mol. The van der Waals surface area contributed by atoms with Crippen molar-refractivity contribution in [2.75, 3.05) is 25.9 Å². The topological polar surface area (TPSA) is 38.5 Å². The minimum absolute atomic E-state index is 0. The Labute approximate surface area is 121 Å². The minimum atomic E-state index is -0.109. The number of para-hydroxylation sites is 2. The standard InChI is InChI=1S/C13H20N2O.2ClH/c1-13(8-5-9-15(2)10-13)16-12-7-4-3-6-11(12)14;;/h3-4,6-7H,5,8-10,14H2,1-2H3;2*1H. The molecular weight excluding hydrogens is 271 g/mol. The maximum atomic E-state index is 6.08. The molecule has 0 aliphatic carbocycles. The van der Waals surface area contributed by atoms with Crippen LogP contribution in [0.5, 0.6) is 5.75 Å². The summed E-state index contributed by atoms with van der Waals surface area (Å²) in [5.74, 6) is 0.806. The van der Waals surface area contributed by atoms with Gasteiger partial charge in [0.15, 0.2) is 0 Å². The molecule has 0 bridgehead atoms. The van der Waals surface area contributed by atoms with Crippen LogP contribution in [0.3, 0.4) is 0 Å². The van der Waals surface area contributed by atoms with E-state index in [1.807, 2.05) is 24.3 Å². The van der Waals surface area contributed by atoms with Crippen LogP contribution in [0, 0.1) is 0 Å². The van der Waals surface area contributed by atoms with Crippen molar-refractivity contribution in [3.63, 3.8) is 0 Å². The lowest BCUT2D eigenvalue weighted by Gasteiger charge is -2.39. The van der Waals surface area contributed by atoms with Crippen molar-refractivity contribution in [2.24, 2.45) is 0 Å². The number of rotatable bonds is 2. The van der Waals surface area contributed by atoms with Gasteiger partial charge in [-0.3, -0.25) is 0 Å². The number of likely N-dealkylation sites (tertiary alicyclic amines) is 1. The molecule has 1 aliphatic rings. The van der Waals surface area contributed by atoms with Crippen molar-refractivity contribution in [2.45, 2.75) is 25.4 Å². The Balaban J connectivity index is 0.00000144. The van der Waals surface area contributed by atoms with Crippen LogP contribution in [0.15, 0.2) is 24.3 Å². The van der Waals surface area contributed by atoms with Crippen molar-refractivity contribution in [3.8, 4) is 5.75 Å². The van der Waals surface area contributed by atoms with Gasteiger partial charge in [-0.1, -0.05) is 12.1 Å². The van der Waals surface area contributed by atoms with Gasteiger partial charge in [0.05, 0.1) is 5.69 Å². The van der Waals surface area contributed by atoms with Crippen LogP contribution < -0.4 is 10.5 Å². The molecule has 0 amide bonds. The molecule has 0 saturated carbocycles. The van der Waals surface area contributed by atoms with Gasteiger partial charge in [0.1, 0.15) is 11.4 Å². The van der Waals surface area contributed by atoms with Crippen LogP contribution in [0.2, 0.25) is 0 Å². The Hall–Kier alpha value is -0.640. The Morgan fingerprint density at radius 2 is 1.94 bits per heavy atom. The third-order valence-corrected chi connectivity index (χ3v) is 3.13. The number of anilines is 1. The highest BCUT2D eigenvalue weighted by Gasteiger charge is 2.31. The molecular formula is C13H22Cl2N2O. The third-order valence-electron chi connectivity index (χ3n) is 3.13. The summed E-state index contributed by atoms with van der Waals surface area (Å²) >= 11 is 0. The maximum Gasteiger partial charge on any atom is 0.143 e. The molecule has 1 unspecified atom stereocenters. The van der Waals surface area contributed by atoms with E-state index in [-0.39, 0.29) is 30.4 Å². The molecule has 0 radical (unpaired) electrons. The molecule has 0 spiro atoms. The summed E-state index contributed by atoms with van der Waals surface area (Å²) < 4.78 is 6.08. The zero-order valence-electron chi connectivity index (χ0n) is 10.9. The van der Waals surface area contributed by atoms with E-state index in [0.717, 1.165) is 30.9 Å². The van der Waals surface area contributed by atoms with E-state index in [2.05, 4.69) is 18.9 Å². The van der Waals surface area contributed by atoms with Gasteiger partial charge < -0.3 is 15.4 Å². The van der Waals surface area contributed by atoms with Crippen molar-refractivity contribution in [1.82, 2.24) is 4.90 Å². The molecule has 0 aromatic heterocycles. The lowest BCUT2D eigenvalue weighted by molar-refractivity contribution is 0.0162. The van der Waals surface area contributed by atoms with Crippen molar-refractivity contribution >= 4 is 30.5 Å². The normalized spacial score (nSPS) is 23.7. The quantitative estimate of drug-likeness (QED) is 0.852. The summed E-state index contributed by atoms with van der Waals surface area (Å²) in [4.78, 5) is 2.31. The Morgan fingerprint density at radius 1 is 1.28 bits per heavy atom. The molecule has 18 heavy (non-hydrogen) atoms. The molecule has 5 heteroatoms. The first kappa shape index (κ1) is 17.4. The fourth-order valence-electron chi connectivity index (χ4n) is 2.37. The van der Waals surface area contributed by atoms with Gasteiger partial charge in [-0.05, 0) is 45.5 Å². The molecule has 1 aliphatic heterocycles. The smallest absolute Gasteiger partial charge is 0.143 e. The van der Waals surface area contributed by atoms with Gasteiger partial charge in [0, 0.05) is 6.54 Å².